The van der Waals surface area contributed by atoms with Crippen molar-refractivity contribution in [3.05, 3.63) is 35.6 Å². The molecule has 0 saturated carbocycles. The molecule has 1 aromatic carbocycles. The van der Waals surface area contributed by atoms with Gasteiger partial charge in [-0.25, -0.2) is 4.39 Å². The lowest BCUT2D eigenvalue weighted by Gasteiger charge is -2.29. The van der Waals surface area contributed by atoms with Crippen molar-refractivity contribution < 1.29 is 9.18 Å². The van der Waals surface area contributed by atoms with Crippen molar-refractivity contribution in [2.75, 3.05) is 33.7 Å². The van der Waals surface area contributed by atoms with Crippen LogP contribution in [0.1, 0.15) is 19.4 Å². The summed E-state index contributed by atoms with van der Waals surface area (Å²) in [7, 11) is 4.04. The van der Waals surface area contributed by atoms with E-state index < -0.39 is 0 Å². The number of hydrogen-bond donors (Lipinski definition) is 0. The molecule has 4 heteroatoms. The average Bonchev–Trinajstić information content (AvgIpc) is 2.37. The molecule has 0 aliphatic rings. The summed E-state index contributed by atoms with van der Waals surface area (Å²) < 4.78 is 13.5. The van der Waals surface area contributed by atoms with Gasteiger partial charge in [0.15, 0.2) is 5.78 Å². The Balaban J connectivity index is 2.57. The van der Waals surface area contributed by atoms with Gasteiger partial charge in [0.1, 0.15) is 5.82 Å². The lowest BCUT2D eigenvalue weighted by atomic mass is 10.1. The molecule has 20 heavy (non-hydrogen) atoms. The predicted octanol–water partition coefficient (Wildman–Crippen LogP) is 2.21. The zero-order chi connectivity index (χ0) is 15.1. The highest BCUT2D eigenvalue weighted by Gasteiger charge is 2.17. The molecule has 0 saturated heterocycles. The summed E-state index contributed by atoms with van der Waals surface area (Å²) in [5, 5.41) is 0. The molecule has 0 fully saturated rings. The lowest BCUT2D eigenvalue weighted by Crippen LogP contribution is -2.43. The normalized spacial score (nSPS) is 12.9. The van der Waals surface area contributed by atoms with Crippen LogP contribution in [-0.2, 0) is 11.2 Å². The first-order valence-corrected chi connectivity index (χ1v) is 7.08. The summed E-state index contributed by atoms with van der Waals surface area (Å²) in [6.45, 7) is 6.25. The van der Waals surface area contributed by atoms with Crippen molar-refractivity contribution in [1.29, 1.82) is 0 Å². The number of benzene rings is 1. The number of halogens is 1. The van der Waals surface area contributed by atoms with Crippen molar-refractivity contribution in [1.82, 2.24) is 9.80 Å². The average molecular weight is 280 g/mol. The fourth-order valence-electron chi connectivity index (χ4n) is 2.36. The molecule has 3 nitrogen and oxygen atoms in total. The molecule has 1 unspecified atom stereocenters. The van der Waals surface area contributed by atoms with Gasteiger partial charge in [-0.1, -0.05) is 25.1 Å². The van der Waals surface area contributed by atoms with E-state index in [1.807, 2.05) is 21.0 Å². The Kier molecular flexibility index (Phi) is 6.82. The van der Waals surface area contributed by atoms with Gasteiger partial charge in [0.25, 0.3) is 0 Å². The van der Waals surface area contributed by atoms with E-state index in [0.29, 0.717) is 18.2 Å². The number of likely N-dealkylation sites (N-methyl/N-ethyl adjacent to an activating group) is 2. The molecule has 1 atom stereocenters. The van der Waals surface area contributed by atoms with E-state index in [1.54, 1.807) is 18.2 Å². The molecule has 0 aliphatic carbocycles. The van der Waals surface area contributed by atoms with E-state index >= 15 is 0 Å². The number of Topliss-reactive ketones (excluding diaryl/α,β-unsaturated/α-hetero) is 1. The van der Waals surface area contributed by atoms with Crippen LogP contribution in [0.2, 0.25) is 0 Å². The van der Waals surface area contributed by atoms with Crippen LogP contribution in [0.3, 0.4) is 0 Å². The maximum Gasteiger partial charge on any atom is 0.151 e. The number of hydrogen-bond acceptors (Lipinski definition) is 3. The third-order valence-corrected chi connectivity index (χ3v) is 3.38. The zero-order valence-electron chi connectivity index (χ0n) is 12.9. The van der Waals surface area contributed by atoms with Gasteiger partial charge in [-0.3, -0.25) is 9.69 Å². The van der Waals surface area contributed by atoms with Crippen LogP contribution in [0.25, 0.3) is 0 Å². The van der Waals surface area contributed by atoms with Crippen LogP contribution in [0.5, 0.6) is 0 Å². The molecule has 0 aliphatic heterocycles. The lowest BCUT2D eigenvalue weighted by molar-refractivity contribution is -0.120. The maximum atomic E-state index is 13.5. The van der Waals surface area contributed by atoms with Crippen molar-refractivity contribution in [3.8, 4) is 0 Å². The molecule has 0 spiro atoms. The molecule has 1 rings (SSSR count). The van der Waals surface area contributed by atoms with Crippen LogP contribution in [-0.4, -0.2) is 55.4 Å². The summed E-state index contributed by atoms with van der Waals surface area (Å²) >= 11 is 0. The van der Waals surface area contributed by atoms with E-state index in [0.717, 1.165) is 13.1 Å². The molecular formula is C16H25FN2O. The number of ketones is 1. The molecule has 0 bridgehead atoms. The highest BCUT2D eigenvalue weighted by atomic mass is 19.1. The van der Waals surface area contributed by atoms with E-state index in [4.69, 9.17) is 0 Å². The number of carbonyl (C=O) groups is 1. The van der Waals surface area contributed by atoms with Crippen LogP contribution < -0.4 is 0 Å². The van der Waals surface area contributed by atoms with Gasteiger partial charge in [-0.15, -0.1) is 0 Å². The van der Waals surface area contributed by atoms with Crippen molar-refractivity contribution in [3.63, 3.8) is 0 Å². The molecule has 0 amide bonds. The Morgan fingerprint density at radius 2 is 1.95 bits per heavy atom. The second kappa shape index (κ2) is 8.12. The molecule has 0 heterocycles. The maximum absolute atomic E-state index is 13.5. The van der Waals surface area contributed by atoms with E-state index in [9.17, 15) is 9.18 Å². The molecule has 0 aromatic heterocycles. The smallest absolute Gasteiger partial charge is 0.151 e. The first-order chi connectivity index (χ1) is 9.43. The predicted molar refractivity (Wildman–Crippen MR) is 80.4 cm³/mol. The largest absolute Gasteiger partial charge is 0.308 e. The zero-order valence-corrected chi connectivity index (χ0v) is 12.9. The molecule has 0 N–H and O–H groups in total. The minimum atomic E-state index is -0.301. The summed E-state index contributed by atoms with van der Waals surface area (Å²) in [5.74, 6) is -0.243. The fraction of sp³-hybridized carbons (Fsp3) is 0.562. The Morgan fingerprint density at radius 1 is 1.30 bits per heavy atom. The molecular weight excluding hydrogens is 255 g/mol. The highest BCUT2D eigenvalue weighted by Crippen LogP contribution is 2.09. The van der Waals surface area contributed by atoms with Gasteiger partial charge < -0.3 is 4.90 Å². The van der Waals surface area contributed by atoms with Gasteiger partial charge in [0.2, 0.25) is 0 Å². The van der Waals surface area contributed by atoms with Crippen LogP contribution >= 0.6 is 0 Å². The van der Waals surface area contributed by atoms with Gasteiger partial charge in [-0.05, 0) is 39.2 Å². The third kappa shape index (κ3) is 5.39. The van der Waals surface area contributed by atoms with Crippen molar-refractivity contribution in [2.45, 2.75) is 26.3 Å². The summed E-state index contributed by atoms with van der Waals surface area (Å²) in [5.41, 5.74) is 0.480. The Bertz CT molecular complexity index is 434. The molecule has 1 aromatic rings. The van der Waals surface area contributed by atoms with Gasteiger partial charge >= 0.3 is 0 Å². The minimum Gasteiger partial charge on any atom is -0.308 e. The number of rotatable bonds is 8. The fourth-order valence-corrected chi connectivity index (χ4v) is 2.36. The van der Waals surface area contributed by atoms with Gasteiger partial charge in [-0.2, -0.15) is 0 Å². The molecule has 0 radical (unpaired) electrons. The Hall–Kier alpha value is -1.26. The topological polar surface area (TPSA) is 23.6 Å². The second-order valence-corrected chi connectivity index (χ2v) is 5.48. The SMILES string of the molecule is CCN(CC(=O)Cc1ccccc1F)C(C)CN(C)C. The molecule has 112 valence electrons. The van der Waals surface area contributed by atoms with Crippen LogP contribution in [0.4, 0.5) is 4.39 Å². The highest BCUT2D eigenvalue weighted by molar-refractivity contribution is 5.82. The quantitative estimate of drug-likeness (QED) is 0.729. The van der Waals surface area contributed by atoms with E-state index in [1.165, 1.54) is 6.07 Å². The van der Waals surface area contributed by atoms with E-state index in [-0.39, 0.29) is 18.0 Å². The Morgan fingerprint density at radius 3 is 2.50 bits per heavy atom. The minimum absolute atomic E-state index is 0.0579. The number of carbonyl (C=O) groups excluding carboxylic acids is 1. The summed E-state index contributed by atoms with van der Waals surface area (Å²) in [4.78, 5) is 16.3. The first-order valence-electron chi connectivity index (χ1n) is 7.08. The van der Waals surface area contributed by atoms with Crippen LogP contribution in [0.15, 0.2) is 24.3 Å². The second-order valence-electron chi connectivity index (χ2n) is 5.48. The summed E-state index contributed by atoms with van der Waals surface area (Å²) in [6, 6.07) is 6.78. The van der Waals surface area contributed by atoms with Crippen molar-refractivity contribution >= 4 is 5.78 Å². The monoisotopic (exact) mass is 280 g/mol. The number of nitrogens with zero attached hydrogens (tertiary/aromatic N) is 2. The third-order valence-electron chi connectivity index (χ3n) is 3.38. The van der Waals surface area contributed by atoms with Gasteiger partial charge in [0.05, 0.1) is 6.54 Å². The van der Waals surface area contributed by atoms with Crippen molar-refractivity contribution in [2.24, 2.45) is 0 Å². The first kappa shape index (κ1) is 16.8. The van der Waals surface area contributed by atoms with Crippen LogP contribution in [0, 0.1) is 5.82 Å². The Labute approximate surface area is 121 Å². The standard InChI is InChI=1S/C16H25FN2O/c1-5-19(13(2)11-18(3)4)12-15(20)10-14-8-6-7-9-16(14)17/h6-9,13H,5,10-12H2,1-4H3. The summed E-state index contributed by atoms with van der Waals surface area (Å²) in [6.07, 6.45) is 0.165. The van der Waals surface area contributed by atoms with Gasteiger partial charge in [0, 0.05) is 19.0 Å². The van der Waals surface area contributed by atoms with E-state index in [2.05, 4.69) is 16.7 Å².